The highest BCUT2D eigenvalue weighted by Gasteiger charge is 2.24. The fourth-order valence-electron chi connectivity index (χ4n) is 1.39. The number of rotatable bonds is 5. The average molecular weight is 287 g/mol. The van der Waals surface area contributed by atoms with Crippen molar-refractivity contribution in [3.05, 3.63) is 39.4 Å². The maximum atomic E-state index is 13.7. The Bertz CT molecular complexity index is 563. The molecule has 0 fully saturated rings. The van der Waals surface area contributed by atoms with Gasteiger partial charge in [0.2, 0.25) is 11.7 Å². The monoisotopic (exact) mass is 287 g/mol. The summed E-state index contributed by atoms with van der Waals surface area (Å²) >= 11 is 0. The minimum atomic E-state index is -1.45. The van der Waals surface area contributed by atoms with Crippen LogP contribution in [0, 0.1) is 21.7 Å². The Morgan fingerprint density at radius 3 is 2.50 bits per heavy atom. The summed E-state index contributed by atoms with van der Waals surface area (Å²) in [5.41, 5.74) is -1.98. The van der Waals surface area contributed by atoms with Crippen LogP contribution in [0.5, 0.6) is 0 Å². The normalized spacial score (nSPS) is 9.95. The third kappa shape index (κ3) is 3.70. The highest BCUT2D eigenvalue weighted by Crippen LogP contribution is 2.22. The van der Waals surface area contributed by atoms with Crippen LogP contribution in [0.15, 0.2) is 12.1 Å². The Balaban J connectivity index is 2.93. The zero-order chi connectivity index (χ0) is 15.3. The van der Waals surface area contributed by atoms with Crippen molar-refractivity contribution in [1.82, 2.24) is 10.6 Å². The van der Waals surface area contributed by atoms with Gasteiger partial charge in [-0.15, -0.1) is 0 Å². The third-order valence-electron chi connectivity index (χ3n) is 2.24. The largest absolute Gasteiger partial charge is 0.355 e. The first-order valence-electron chi connectivity index (χ1n) is 5.55. The maximum absolute atomic E-state index is 13.7. The third-order valence-corrected chi connectivity index (χ3v) is 2.24. The van der Waals surface area contributed by atoms with Gasteiger partial charge >= 0.3 is 5.69 Å². The first-order chi connectivity index (χ1) is 9.36. The first kappa shape index (κ1) is 15.5. The van der Waals surface area contributed by atoms with Gasteiger partial charge in [-0.3, -0.25) is 19.7 Å². The van der Waals surface area contributed by atoms with Gasteiger partial charge in [0.05, 0.1) is 23.1 Å². The molecule has 0 spiro atoms. The Labute approximate surface area is 112 Å². The lowest BCUT2D eigenvalue weighted by atomic mass is 10.1. The minimum absolute atomic E-state index is 0.342. The fraction of sp³-hybridized carbons (Fsp3) is 0.273. The molecule has 0 saturated heterocycles. The van der Waals surface area contributed by atoms with Gasteiger partial charge in [0.15, 0.2) is 0 Å². The molecule has 108 valence electrons. The predicted molar refractivity (Wildman–Crippen MR) is 64.0 cm³/mol. The second kappa shape index (κ2) is 6.55. The summed E-state index contributed by atoms with van der Waals surface area (Å²) in [6.07, 6.45) is 0. The molecule has 0 bridgehead atoms. The van der Waals surface area contributed by atoms with Crippen LogP contribution in [0.4, 0.5) is 14.5 Å². The molecule has 2 amide bonds. The number of nitro benzene ring substituents is 1. The SMILES string of the molecule is CCNC(=O)CNC(=O)c1cc(F)cc([N+](=O)[O-])c1F. The van der Waals surface area contributed by atoms with Gasteiger partial charge in [0.1, 0.15) is 5.82 Å². The Morgan fingerprint density at radius 2 is 1.95 bits per heavy atom. The molecule has 0 unspecified atom stereocenters. The van der Waals surface area contributed by atoms with Crippen LogP contribution in [0.3, 0.4) is 0 Å². The van der Waals surface area contributed by atoms with Gasteiger partial charge in [-0.1, -0.05) is 0 Å². The molecule has 7 nitrogen and oxygen atoms in total. The first-order valence-corrected chi connectivity index (χ1v) is 5.55. The molecule has 0 saturated carbocycles. The number of amides is 2. The molecule has 0 aromatic heterocycles. The molecular weight excluding hydrogens is 276 g/mol. The molecule has 1 aromatic rings. The number of likely N-dealkylation sites (N-methyl/N-ethyl adjacent to an activating group) is 1. The van der Waals surface area contributed by atoms with Gasteiger partial charge < -0.3 is 10.6 Å². The smallest absolute Gasteiger partial charge is 0.308 e. The highest BCUT2D eigenvalue weighted by molar-refractivity contribution is 5.97. The average Bonchev–Trinajstić information content (AvgIpc) is 2.38. The molecule has 0 heterocycles. The highest BCUT2D eigenvalue weighted by atomic mass is 19.1. The lowest BCUT2D eigenvalue weighted by Gasteiger charge is -2.06. The number of halogens is 2. The summed E-state index contributed by atoms with van der Waals surface area (Å²) in [5, 5.41) is 14.9. The van der Waals surface area contributed by atoms with E-state index in [2.05, 4.69) is 5.32 Å². The van der Waals surface area contributed by atoms with Crippen molar-refractivity contribution < 1.29 is 23.3 Å². The van der Waals surface area contributed by atoms with Crippen LogP contribution in [-0.4, -0.2) is 29.8 Å². The van der Waals surface area contributed by atoms with Gasteiger partial charge in [-0.2, -0.15) is 4.39 Å². The van der Waals surface area contributed by atoms with Crippen molar-refractivity contribution in [2.75, 3.05) is 13.1 Å². The molecule has 9 heteroatoms. The van der Waals surface area contributed by atoms with E-state index < -0.39 is 46.2 Å². The molecule has 0 aliphatic carbocycles. The number of nitrogens with zero attached hydrogens (tertiary/aromatic N) is 1. The molecule has 0 atom stereocenters. The Hall–Kier alpha value is -2.58. The molecule has 0 aliphatic rings. The second-order valence-electron chi connectivity index (χ2n) is 3.68. The lowest BCUT2D eigenvalue weighted by molar-refractivity contribution is -0.387. The maximum Gasteiger partial charge on any atom is 0.308 e. The van der Waals surface area contributed by atoms with E-state index in [-0.39, 0.29) is 0 Å². The minimum Gasteiger partial charge on any atom is -0.355 e. The van der Waals surface area contributed by atoms with Crippen molar-refractivity contribution in [2.45, 2.75) is 6.92 Å². The molecule has 0 radical (unpaired) electrons. The van der Waals surface area contributed by atoms with Crippen LogP contribution in [0.1, 0.15) is 17.3 Å². The lowest BCUT2D eigenvalue weighted by Crippen LogP contribution is -2.37. The van der Waals surface area contributed by atoms with Crippen LogP contribution < -0.4 is 10.6 Å². The Morgan fingerprint density at radius 1 is 1.30 bits per heavy atom. The Kier molecular flexibility index (Phi) is 5.07. The number of benzene rings is 1. The second-order valence-corrected chi connectivity index (χ2v) is 3.68. The number of carbonyl (C=O) groups excluding carboxylic acids is 2. The van der Waals surface area contributed by atoms with E-state index in [1.807, 2.05) is 5.32 Å². The van der Waals surface area contributed by atoms with Crippen LogP contribution >= 0.6 is 0 Å². The number of hydrogen-bond donors (Lipinski definition) is 2. The number of carbonyl (C=O) groups is 2. The molecule has 2 N–H and O–H groups in total. The van der Waals surface area contributed by atoms with Gasteiger partial charge in [-0.25, -0.2) is 4.39 Å². The van der Waals surface area contributed by atoms with E-state index in [1.165, 1.54) is 0 Å². The van der Waals surface area contributed by atoms with E-state index in [1.54, 1.807) is 6.92 Å². The van der Waals surface area contributed by atoms with E-state index in [0.29, 0.717) is 18.7 Å². The number of nitro groups is 1. The summed E-state index contributed by atoms with van der Waals surface area (Å²) in [4.78, 5) is 32.0. The summed E-state index contributed by atoms with van der Waals surface area (Å²) in [7, 11) is 0. The molecule has 20 heavy (non-hydrogen) atoms. The molecule has 1 aromatic carbocycles. The van der Waals surface area contributed by atoms with Gasteiger partial charge in [0, 0.05) is 6.54 Å². The van der Waals surface area contributed by atoms with E-state index >= 15 is 0 Å². The quantitative estimate of drug-likeness (QED) is 0.616. The summed E-state index contributed by atoms with van der Waals surface area (Å²) in [6.45, 7) is 1.56. The van der Waals surface area contributed by atoms with Crippen molar-refractivity contribution in [1.29, 1.82) is 0 Å². The predicted octanol–water partition coefficient (Wildman–Crippen LogP) is 0.739. The van der Waals surface area contributed by atoms with Crippen molar-refractivity contribution in [3.8, 4) is 0 Å². The van der Waals surface area contributed by atoms with Crippen molar-refractivity contribution in [3.63, 3.8) is 0 Å². The fourth-order valence-corrected chi connectivity index (χ4v) is 1.39. The van der Waals surface area contributed by atoms with Crippen molar-refractivity contribution in [2.24, 2.45) is 0 Å². The number of hydrogen-bond acceptors (Lipinski definition) is 4. The van der Waals surface area contributed by atoms with Crippen LogP contribution in [0.25, 0.3) is 0 Å². The zero-order valence-corrected chi connectivity index (χ0v) is 10.4. The summed E-state index contributed by atoms with van der Waals surface area (Å²) < 4.78 is 26.8. The number of nitrogens with one attached hydrogen (secondary N) is 2. The van der Waals surface area contributed by atoms with Gasteiger partial charge in [0.25, 0.3) is 5.91 Å². The van der Waals surface area contributed by atoms with Crippen molar-refractivity contribution >= 4 is 17.5 Å². The van der Waals surface area contributed by atoms with Crippen LogP contribution in [0.2, 0.25) is 0 Å². The summed E-state index contributed by atoms with van der Waals surface area (Å²) in [5.74, 6) is -4.21. The topological polar surface area (TPSA) is 101 Å². The molecule has 1 rings (SSSR count). The van der Waals surface area contributed by atoms with E-state index in [9.17, 15) is 28.5 Å². The van der Waals surface area contributed by atoms with E-state index in [4.69, 9.17) is 0 Å². The van der Waals surface area contributed by atoms with E-state index in [0.717, 1.165) is 0 Å². The summed E-state index contributed by atoms with van der Waals surface area (Å²) in [6, 6.07) is 0.894. The molecule has 0 aliphatic heterocycles. The zero-order valence-electron chi connectivity index (χ0n) is 10.4. The van der Waals surface area contributed by atoms with Gasteiger partial charge in [-0.05, 0) is 13.0 Å². The van der Waals surface area contributed by atoms with Crippen LogP contribution in [-0.2, 0) is 4.79 Å². The molecular formula is C11H11F2N3O4. The standard InChI is InChI=1S/C11H11F2N3O4/c1-2-14-9(17)5-15-11(18)7-3-6(12)4-8(10(7)13)16(19)20/h3-4H,2,5H2,1H3,(H,14,17)(H,15,18).